The molecule has 7 heteroatoms. The Morgan fingerprint density at radius 2 is 1.06 bits per heavy atom. The van der Waals surface area contributed by atoms with E-state index in [4.69, 9.17) is 9.68 Å². The molecule has 0 radical (unpaired) electrons. The van der Waals surface area contributed by atoms with Crippen LogP contribution >= 0.6 is 0 Å². The van der Waals surface area contributed by atoms with Crippen LogP contribution in [0.2, 0.25) is 0 Å². The third-order valence-electron chi connectivity index (χ3n) is 4.62. The van der Waals surface area contributed by atoms with Crippen molar-refractivity contribution < 1.29 is 14.5 Å². The Labute approximate surface area is 188 Å². The average molecular weight is 431 g/mol. The highest BCUT2D eigenvalue weighted by atomic mass is 16.8. The largest absolute Gasteiger partial charge is 0.562 e. The summed E-state index contributed by atoms with van der Waals surface area (Å²) in [6.45, 7) is 12.0. The maximum absolute atomic E-state index is 12.0. The first-order chi connectivity index (χ1) is 15.0. The first kappa shape index (κ1) is 24.3. The van der Waals surface area contributed by atoms with Crippen molar-refractivity contribution in [2.75, 3.05) is 0 Å². The lowest BCUT2D eigenvalue weighted by molar-refractivity contribution is 0.0600. The molecule has 0 N–H and O–H groups in total. The Bertz CT molecular complexity index is 1050. The van der Waals surface area contributed by atoms with E-state index in [2.05, 4.69) is 10.3 Å². The monoisotopic (exact) mass is 430 g/mol. The lowest BCUT2D eigenvalue weighted by Crippen LogP contribution is -2.17. The summed E-state index contributed by atoms with van der Waals surface area (Å²) in [6.07, 6.45) is -1.26. The number of benzene rings is 2. The molecule has 0 saturated heterocycles. The summed E-state index contributed by atoms with van der Waals surface area (Å²) >= 11 is 0. The molecule has 7 nitrogen and oxygen atoms in total. The van der Waals surface area contributed by atoms with Gasteiger partial charge in [0.25, 0.3) is 0 Å². The molecule has 0 spiro atoms. The van der Waals surface area contributed by atoms with Gasteiger partial charge >= 0.3 is 6.16 Å². The molecule has 0 atom stereocenters. The number of oxime groups is 2. The van der Waals surface area contributed by atoms with Crippen molar-refractivity contribution in [3.8, 4) is 12.1 Å². The van der Waals surface area contributed by atoms with Crippen LogP contribution in [0.4, 0.5) is 4.79 Å². The van der Waals surface area contributed by atoms with Gasteiger partial charge in [0.05, 0.1) is 0 Å². The van der Waals surface area contributed by atoms with Gasteiger partial charge in [0, 0.05) is 11.1 Å². The SMILES string of the molecule is CC(C)(C)c1ccccc1/C(C#N)=N/OC(=O)O/N=C(\C#N)c1ccccc1C(C)(C)C. The molecule has 0 amide bonds. The van der Waals surface area contributed by atoms with Crippen LogP contribution in [0.15, 0.2) is 58.8 Å². The molecule has 0 aliphatic heterocycles. The van der Waals surface area contributed by atoms with Gasteiger partial charge in [0.15, 0.2) is 11.4 Å². The molecule has 0 aliphatic rings. The normalized spacial score (nSPS) is 12.5. The Hall–Kier alpha value is -3.97. The molecule has 0 aliphatic carbocycles. The van der Waals surface area contributed by atoms with Gasteiger partial charge in [-0.25, -0.2) is 0 Å². The summed E-state index contributed by atoms with van der Waals surface area (Å²) in [5.74, 6) is 0. The van der Waals surface area contributed by atoms with E-state index in [1.54, 1.807) is 24.3 Å². The molecule has 2 aromatic rings. The molecule has 0 saturated carbocycles. The highest BCUT2D eigenvalue weighted by Crippen LogP contribution is 2.27. The van der Waals surface area contributed by atoms with E-state index in [0.29, 0.717) is 11.1 Å². The summed E-state index contributed by atoms with van der Waals surface area (Å²) in [5, 5.41) is 26.3. The van der Waals surface area contributed by atoms with Gasteiger partial charge in [-0.05, 0) is 22.0 Å². The third-order valence-corrected chi connectivity index (χ3v) is 4.62. The Morgan fingerprint density at radius 3 is 1.38 bits per heavy atom. The van der Waals surface area contributed by atoms with Crippen molar-refractivity contribution in [1.29, 1.82) is 10.5 Å². The van der Waals surface area contributed by atoms with Gasteiger partial charge in [0.2, 0.25) is 0 Å². The van der Waals surface area contributed by atoms with Gasteiger partial charge in [-0.2, -0.15) is 15.3 Å². The molecule has 0 aromatic heterocycles. The molecule has 0 bridgehead atoms. The van der Waals surface area contributed by atoms with Crippen molar-refractivity contribution in [2.45, 2.75) is 52.4 Å². The van der Waals surface area contributed by atoms with E-state index in [-0.39, 0.29) is 22.3 Å². The molecular formula is C25H26N4O3. The van der Waals surface area contributed by atoms with Gasteiger partial charge in [-0.15, -0.1) is 0 Å². The topological polar surface area (TPSA) is 108 Å². The Kier molecular flexibility index (Phi) is 7.51. The molecule has 32 heavy (non-hydrogen) atoms. The predicted molar refractivity (Wildman–Crippen MR) is 122 cm³/mol. The van der Waals surface area contributed by atoms with E-state index < -0.39 is 6.16 Å². The van der Waals surface area contributed by atoms with Crippen LogP contribution in [-0.2, 0) is 20.5 Å². The molecule has 2 aromatic carbocycles. The third kappa shape index (κ3) is 6.02. The predicted octanol–water partition coefficient (Wildman–Crippen LogP) is 5.59. The molecule has 0 unspecified atom stereocenters. The van der Waals surface area contributed by atoms with Gasteiger partial charge in [-0.1, -0.05) is 100 Å². The van der Waals surface area contributed by atoms with Crippen molar-refractivity contribution in [2.24, 2.45) is 10.3 Å². The molecule has 0 fully saturated rings. The van der Waals surface area contributed by atoms with Crippen molar-refractivity contribution in [3.63, 3.8) is 0 Å². The second kappa shape index (κ2) is 9.89. The number of carbonyl (C=O) groups excluding carboxylic acids is 1. The van der Waals surface area contributed by atoms with Gasteiger partial charge < -0.3 is 0 Å². The summed E-state index contributed by atoms with van der Waals surface area (Å²) < 4.78 is 0. The number of rotatable bonds is 4. The van der Waals surface area contributed by atoms with Crippen LogP contribution in [0.3, 0.4) is 0 Å². The van der Waals surface area contributed by atoms with Crippen LogP contribution < -0.4 is 0 Å². The zero-order valence-corrected chi connectivity index (χ0v) is 19.1. The second-order valence-corrected chi connectivity index (χ2v) is 9.13. The van der Waals surface area contributed by atoms with Gasteiger partial charge in [0.1, 0.15) is 12.1 Å². The average Bonchev–Trinajstić information content (AvgIpc) is 2.74. The quantitative estimate of drug-likeness (QED) is 0.357. The van der Waals surface area contributed by atoms with Crippen molar-refractivity contribution in [3.05, 3.63) is 70.8 Å². The highest BCUT2D eigenvalue weighted by Gasteiger charge is 2.22. The molecule has 0 heterocycles. The lowest BCUT2D eigenvalue weighted by Gasteiger charge is -2.21. The van der Waals surface area contributed by atoms with Crippen LogP contribution in [-0.4, -0.2) is 17.6 Å². The van der Waals surface area contributed by atoms with E-state index in [0.717, 1.165) is 11.1 Å². The van der Waals surface area contributed by atoms with Crippen molar-refractivity contribution in [1.82, 2.24) is 0 Å². The summed E-state index contributed by atoms with van der Waals surface area (Å²) in [6, 6.07) is 18.4. The van der Waals surface area contributed by atoms with Crippen molar-refractivity contribution >= 4 is 17.6 Å². The standard InChI is InChI=1S/C25H26N4O3/c1-24(2,3)19-13-9-7-11-17(19)21(15-26)28-31-23(30)32-29-22(16-27)18-12-8-10-14-20(18)25(4,5)6/h7-14H,1-6H3/b28-21+,29-22+. The van der Waals surface area contributed by atoms with Crippen LogP contribution in [0.25, 0.3) is 0 Å². The highest BCUT2D eigenvalue weighted by molar-refractivity contribution is 6.13. The Balaban J connectivity index is 2.25. The van der Waals surface area contributed by atoms with E-state index in [1.807, 2.05) is 77.9 Å². The zero-order chi connectivity index (χ0) is 23.9. The minimum absolute atomic E-state index is 0.0740. The minimum atomic E-state index is -1.26. The molecule has 2 rings (SSSR count). The fraction of sp³-hybridized carbons (Fsp3) is 0.320. The van der Waals surface area contributed by atoms with Crippen LogP contribution in [0.5, 0.6) is 0 Å². The first-order valence-corrected chi connectivity index (χ1v) is 10.0. The molecule has 164 valence electrons. The molecular weight excluding hydrogens is 404 g/mol. The number of nitrogens with zero attached hydrogens (tertiary/aromatic N) is 4. The maximum atomic E-state index is 12.0. The summed E-state index contributed by atoms with van der Waals surface area (Å²) in [4.78, 5) is 21.5. The van der Waals surface area contributed by atoms with Gasteiger partial charge in [-0.3, -0.25) is 9.68 Å². The number of carbonyl (C=O) groups is 1. The van der Waals surface area contributed by atoms with Crippen LogP contribution in [0.1, 0.15) is 63.8 Å². The van der Waals surface area contributed by atoms with E-state index in [1.165, 1.54) is 0 Å². The number of hydrogen-bond donors (Lipinski definition) is 0. The Morgan fingerprint density at radius 1 is 0.719 bits per heavy atom. The number of hydrogen-bond acceptors (Lipinski definition) is 7. The van der Waals surface area contributed by atoms with E-state index in [9.17, 15) is 15.3 Å². The lowest BCUT2D eigenvalue weighted by atomic mass is 9.83. The second-order valence-electron chi connectivity index (χ2n) is 9.13. The summed E-state index contributed by atoms with van der Waals surface area (Å²) in [5.41, 5.74) is 2.21. The fourth-order valence-corrected chi connectivity index (χ4v) is 3.13. The zero-order valence-electron chi connectivity index (χ0n) is 19.1. The fourth-order valence-electron chi connectivity index (χ4n) is 3.13. The summed E-state index contributed by atoms with van der Waals surface area (Å²) in [7, 11) is 0. The number of nitriles is 2. The van der Waals surface area contributed by atoms with Crippen LogP contribution in [0, 0.1) is 22.7 Å². The van der Waals surface area contributed by atoms with E-state index >= 15 is 0 Å². The minimum Gasteiger partial charge on any atom is -0.279 e. The first-order valence-electron chi connectivity index (χ1n) is 10.0. The smallest absolute Gasteiger partial charge is 0.279 e. The maximum Gasteiger partial charge on any atom is 0.562 e.